The van der Waals surface area contributed by atoms with Crippen LogP contribution in [0.5, 0.6) is 5.75 Å². The number of rotatable bonds is 3. The molecule has 1 atom stereocenters. The van der Waals surface area contributed by atoms with Gasteiger partial charge in [-0.1, -0.05) is 12.1 Å². The van der Waals surface area contributed by atoms with Gasteiger partial charge in [0.15, 0.2) is 5.65 Å². The maximum atomic E-state index is 14.5. The molecule has 0 amide bonds. The van der Waals surface area contributed by atoms with E-state index in [0.29, 0.717) is 0 Å². The smallest absolute Gasteiger partial charge is 0.416 e. The zero-order chi connectivity index (χ0) is 21.6. The largest absolute Gasteiger partial charge is 0.508 e. The number of hydrogen-bond donors (Lipinski definition) is 1. The van der Waals surface area contributed by atoms with Crippen LogP contribution in [0.15, 0.2) is 54.9 Å². The van der Waals surface area contributed by atoms with E-state index in [1.165, 1.54) is 48.0 Å². The first-order valence-electron chi connectivity index (χ1n) is 8.83. The Kier molecular flexibility index (Phi) is 4.68. The van der Waals surface area contributed by atoms with Gasteiger partial charge in [0, 0.05) is 23.4 Å². The number of imidazole rings is 1. The normalized spacial score (nSPS) is 13.0. The Morgan fingerprint density at radius 3 is 2.53 bits per heavy atom. The molecule has 4 rings (SSSR count). The van der Waals surface area contributed by atoms with Crippen LogP contribution in [0.4, 0.5) is 22.0 Å². The molecular formula is C21H14F5N3O. The van der Waals surface area contributed by atoms with E-state index in [9.17, 15) is 27.1 Å². The highest BCUT2D eigenvalue weighted by Crippen LogP contribution is 2.35. The molecule has 30 heavy (non-hydrogen) atoms. The number of aromatic hydroxyl groups is 1. The minimum atomic E-state index is -4.52. The van der Waals surface area contributed by atoms with Crippen LogP contribution in [0, 0.1) is 5.82 Å². The number of nitrogens with zero attached hydrogens (tertiary/aromatic N) is 3. The van der Waals surface area contributed by atoms with Gasteiger partial charge in [0.25, 0.3) is 0 Å². The molecule has 0 aliphatic carbocycles. The van der Waals surface area contributed by atoms with Crippen molar-refractivity contribution in [2.45, 2.75) is 19.3 Å². The molecule has 0 aliphatic heterocycles. The highest BCUT2D eigenvalue weighted by Gasteiger charge is 2.30. The molecule has 9 heteroatoms. The second-order valence-corrected chi connectivity index (χ2v) is 6.71. The fourth-order valence-corrected chi connectivity index (χ4v) is 3.22. The SMILES string of the molecule is CC(F)c1nc2cnc(-c3cccc(C(F)(F)F)c3)cn2c1-c1ccc(O)cc1F. The van der Waals surface area contributed by atoms with Crippen LogP contribution in [0.2, 0.25) is 0 Å². The number of phenols is 1. The van der Waals surface area contributed by atoms with Crippen molar-refractivity contribution in [1.29, 1.82) is 0 Å². The van der Waals surface area contributed by atoms with Crippen LogP contribution in [-0.4, -0.2) is 19.5 Å². The van der Waals surface area contributed by atoms with Gasteiger partial charge in [0.2, 0.25) is 0 Å². The first-order valence-corrected chi connectivity index (χ1v) is 8.83. The summed E-state index contributed by atoms with van der Waals surface area (Å²) in [5.41, 5.74) is -0.253. The van der Waals surface area contributed by atoms with Crippen molar-refractivity contribution in [2.75, 3.05) is 0 Å². The van der Waals surface area contributed by atoms with Crippen LogP contribution in [0.1, 0.15) is 24.4 Å². The highest BCUT2D eigenvalue weighted by molar-refractivity contribution is 5.70. The summed E-state index contributed by atoms with van der Waals surface area (Å²) in [5.74, 6) is -1.10. The van der Waals surface area contributed by atoms with E-state index >= 15 is 0 Å². The molecule has 0 bridgehead atoms. The monoisotopic (exact) mass is 419 g/mol. The van der Waals surface area contributed by atoms with E-state index in [0.717, 1.165) is 18.2 Å². The molecule has 154 valence electrons. The maximum Gasteiger partial charge on any atom is 0.416 e. The Morgan fingerprint density at radius 2 is 1.87 bits per heavy atom. The van der Waals surface area contributed by atoms with Crippen LogP contribution >= 0.6 is 0 Å². The van der Waals surface area contributed by atoms with Crippen LogP contribution in [-0.2, 0) is 6.18 Å². The van der Waals surface area contributed by atoms with Crippen molar-refractivity contribution in [1.82, 2.24) is 14.4 Å². The number of phenolic OH excluding ortho intramolecular Hbond substituents is 1. The van der Waals surface area contributed by atoms with Gasteiger partial charge in [-0.15, -0.1) is 0 Å². The molecule has 2 heterocycles. The van der Waals surface area contributed by atoms with Crippen LogP contribution in [0.3, 0.4) is 0 Å². The number of aromatic nitrogens is 3. The third-order valence-electron chi connectivity index (χ3n) is 4.61. The Balaban J connectivity index is 1.95. The summed E-state index contributed by atoms with van der Waals surface area (Å²) in [6, 6.07) is 8.03. The Bertz CT molecular complexity index is 1250. The molecule has 0 radical (unpaired) electrons. The van der Waals surface area contributed by atoms with Gasteiger partial charge in [0.05, 0.1) is 23.1 Å². The average molecular weight is 419 g/mol. The lowest BCUT2D eigenvalue weighted by atomic mass is 10.1. The standard InChI is InChI=1S/C21H14F5N3O/c1-11(22)19-20(15-6-5-14(30)8-16(15)23)29-10-17(27-9-18(29)28-19)12-3-2-4-13(7-12)21(24,25)26/h2-11,30H,1H3. The maximum absolute atomic E-state index is 14.5. The van der Waals surface area contributed by atoms with E-state index in [2.05, 4.69) is 9.97 Å². The van der Waals surface area contributed by atoms with Crippen molar-refractivity contribution >= 4 is 5.65 Å². The molecule has 0 aliphatic rings. The van der Waals surface area contributed by atoms with E-state index < -0.39 is 23.7 Å². The third-order valence-corrected chi connectivity index (χ3v) is 4.61. The second kappa shape index (κ2) is 7.08. The number of fused-ring (bicyclic) bond motifs is 1. The van der Waals surface area contributed by atoms with Crippen molar-refractivity contribution in [3.05, 3.63) is 71.9 Å². The minimum Gasteiger partial charge on any atom is -0.508 e. The molecule has 4 aromatic rings. The fourth-order valence-electron chi connectivity index (χ4n) is 3.22. The van der Waals surface area contributed by atoms with E-state index in [1.807, 2.05) is 0 Å². The molecule has 4 nitrogen and oxygen atoms in total. The third kappa shape index (κ3) is 3.47. The molecule has 1 unspecified atom stereocenters. The lowest BCUT2D eigenvalue weighted by Gasteiger charge is -2.10. The van der Waals surface area contributed by atoms with Gasteiger partial charge < -0.3 is 5.11 Å². The van der Waals surface area contributed by atoms with Crippen molar-refractivity contribution < 1.29 is 27.1 Å². The van der Waals surface area contributed by atoms with Crippen LogP contribution < -0.4 is 0 Å². The summed E-state index contributed by atoms with van der Waals surface area (Å²) in [4.78, 5) is 8.30. The van der Waals surface area contributed by atoms with Gasteiger partial charge in [-0.3, -0.25) is 9.38 Å². The van der Waals surface area contributed by atoms with Gasteiger partial charge in [-0.25, -0.2) is 13.8 Å². The first kappa shape index (κ1) is 19.8. The molecule has 0 spiro atoms. The zero-order valence-electron chi connectivity index (χ0n) is 15.5. The van der Waals surface area contributed by atoms with Crippen molar-refractivity contribution in [3.8, 4) is 28.3 Å². The summed E-state index contributed by atoms with van der Waals surface area (Å²) in [6.07, 6.45) is -3.41. The molecule has 0 saturated carbocycles. The molecule has 2 aromatic carbocycles. The van der Waals surface area contributed by atoms with Crippen LogP contribution in [0.25, 0.3) is 28.2 Å². The zero-order valence-corrected chi connectivity index (χ0v) is 15.5. The van der Waals surface area contributed by atoms with Gasteiger partial charge >= 0.3 is 6.18 Å². The van der Waals surface area contributed by atoms with Gasteiger partial charge in [-0.05, 0) is 31.2 Å². The highest BCUT2D eigenvalue weighted by atomic mass is 19.4. The summed E-state index contributed by atoms with van der Waals surface area (Å²) in [6.45, 7) is 1.24. The lowest BCUT2D eigenvalue weighted by molar-refractivity contribution is -0.137. The molecule has 0 saturated heterocycles. The quantitative estimate of drug-likeness (QED) is 0.417. The first-order chi connectivity index (χ1) is 14.1. The summed E-state index contributed by atoms with van der Waals surface area (Å²) < 4.78 is 69.3. The Labute approximate surface area is 167 Å². The molecular weight excluding hydrogens is 405 g/mol. The topological polar surface area (TPSA) is 50.4 Å². The summed E-state index contributed by atoms with van der Waals surface area (Å²) in [7, 11) is 0. The average Bonchev–Trinajstić information content (AvgIpc) is 3.06. The predicted molar refractivity (Wildman–Crippen MR) is 100 cm³/mol. The van der Waals surface area contributed by atoms with E-state index in [4.69, 9.17) is 0 Å². The van der Waals surface area contributed by atoms with Crippen molar-refractivity contribution in [2.24, 2.45) is 0 Å². The number of benzene rings is 2. The second-order valence-electron chi connectivity index (χ2n) is 6.71. The minimum absolute atomic E-state index is 0.0130. The molecule has 1 N–H and O–H groups in total. The molecule has 0 fully saturated rings. The van der Waals surface area contributed by atoms with Gasteiger partial charge in [0.1, 0.15) is 23.4 Å². The number of alkyl halides is 4. The predicted octanol–water partition coefficient (Wildman–Crippen LogP) is 5.96. The van der Waals surface area contributed by atoms with Crippen molar-refractivity contribution in [3.63, 3.8) is 0 Å². The molecule has 2 aromatic heterocycles. The lowest BCUT2D eigenvalue weighted by Crippen LogP contribution is -2.04. The summed E-state index contributed by atoms with van der Waals surface area (Å²) >= 11 is 0. The summed E-state index contributed by atoms with van der Waals surface area (Å²) in [5, 5.41) is 9.47. The number of hydrogen-bond acceptors (Lipinski definition) is 3. The Hall–Kier alpha value is -3.49. The fraction of sp³-hybridized carbons (Fsp3) is 0.143. The van der Waals surface area contributed by atoms with Gasteiger partial charge in [-0.2, -0.15) is 13.2 Å². The van der Waals surface area contributed by atoms with E-state index in [1.54, 1.807) is 0 Å². The Morgan fingerprint density at radius 1 is 1.10 bits per heavy atom. The number of halogens is 5. The van der Waals surface area contributed by atoms with E-state index in [-0.39, 0.29) is 39.6 Å².